The lowest BCUT2D eigenvalue weighted by Crippen LogP contribution is -2.16. The molecule has 1 saturated carbocycles. The van der Waals surface area contributed by atoms with Crippen LogP contribution in [0.2, 0.25) is 5.02 Å². The standard InChI is InChI=1S/C23H20ClF3N4O4/c1-13-2-6-17(7-3-13)35-18-11-15(10-16(12-18)31(33)34)28-19(32)8-9-30-21(14-4-5-14)20(24)22(29-30)23(25,26)27/h2-3,6-7,10-12,14H,4-5,8-9H2,1H3,(H,28,32). The molecule has 4 rings (SSSR count). The zero-order valence-electron chi connectivity index (χ0n) is 18.4. The van der Waals surface area contributed by atoms with E-state index in [0.717, 1.165) is 10.2 Å². The average molecular weight is 509 g/mol. The molecular weight excluding hydrogens is 489 g/mol. The molecule has 0 bridgehead atoms. The van der Waals surface area contributed by atoms with Crippen molar-refractivity contribution < 1.29 is 27.6 Å². The van der Waals surface area contributed by atoms with Gasteiger partial charge in [0.05, 0.1) is 33.9 Å². The van der Waals surface area contributed by atoms with Gasteiger partial charge in [0.1, 0.15) is 11.5 Å². The third kappa shape index (κ3) is 5.91. The zero-order chi connectivity index (χ0) is 25.3. The molecule has 0 saturated heterocycles. The van der Waals surface area contributed by atoms with Gasteiger partial charge in [-0.2, -0.15) is 18.3 Å². The van der Waals surface area contributed by atoms with Crippen LogP contribution in [0, 0.1) is 17.0 Å². The van der Waals surface area contributed by atoms with Gasteiger partial charge in [0.25, 0.3) is 5.69 Å². The number of aryl methyl sites for hydroxylation is 2. The minimum Gasteiger partial charge on any atom is -0.457 e. The van der Waals surface area contributed by atoms with Gasteiger partial charge in [0.2, 0.25) is 5.91 Å². The van der Waals surface area contributed by atoms with E-state index in [0.29, 0.717) is 18.6 Å². The Morgan fingerprint density at radius 3 is 2.51 bits per heavy atom. The monoisotopic (exact) mass is 508 g/mol. The van der Waals surface area contributed by atoms with Gasteiger partial charge in [-0.25, -0.2) is 0 Å². The van der Waals surface area contributed by atoms with Crippen molar-refractivity contribution in [2.24, 2.45) is 0 Å². The maximum Gasteiger partial charge on any atom is 0.436 e. The number of alkyl halides is 3. The fourth-order valence-electron chi connectivity index (χ4n) is 3.54. The molecule has 35 heavy (non-hydrogen) atoms. The summed E-state index contributed by atoms with van der Waals surface area (Å²) in [5, 5.41) is 17.0. The molecule has 2 aromatic carbocycles. The van der Waals surface area contributed by atoms with Crippen LogP contribution >= 0.6 is 11.6 Å². The van der Waals surface area contributed by atoms with Gasteiger partial charge in [0.15, 0.2) is 5.69 Å². The highest BCUT2D eigenvalue weighted by Crippen LogP contribution is 2.47. The van der Waals surface area contributed by atoms with Crippen LogP contribution in [-0.4, -0.2) is 20.6 Å². The highest BCUT2D eigenvalue weighted by Gasteiger charge is 2.42. The molecule has 0 spiro atoms. The van der Waals surface area contributed by atoms with Gasteiger partial charge in [-0.05, 0) is 31.9 Å². The number of carbonyl (C=O) groups is 1. The second-order valence-electron chi connectivity index (χ2n) is 8.23. The highest BCUT2D eigenvalue weighted by molar-refractivity contribution is 6.32. The Bertz CT molecular complexity index is 1270. The Morgan fingerprint density at radius 1 is 1.23 bits per heavy atom. The maximum absolute atomic E-state index is 13.2. The van der Waals surface area contributed by atoms with Crippen molar-refractivity contribution in [1.29, 1.82) is 0 Å². The van der Waals surface area contributed by atoms with E-state index < -0.39 is 27.7 Å². The van der Waals surface area contributed by atoms with E-state index in [9.17, 15) is 28.1 Å². The molecule has 1 N–H and O–H groups in total. The van der Waals surface area contributed by atoms with E-state index in [-0.39, 0.29) is 41.7 Å². The lowest BCUT2D eigenvalue weighted by atomic mass is 10.2. The van der Waals surface area contributed by atoms with Crippen LogP contribution in [0.1, 0.15) is 42.1 Å². The number of benzene rings is 2. The van der Waals surface area contributed by atoms with Crippen molar-refractivity contribution in [3.63, 3.8) is 0 Å². The molecule has 12 heteroatoms. The van der Waals surface area contributed by atoms with Crippen molar-refractivity contribution in [3.05, 3.63) is 74.6 Å². The summed E-state index contributed by atoms with van der Waals surface area (Å²) in [6.45, 7) is 1.77. The summed E-state index contributed by atoms with van der Waals surface area (Å²) in [4.78, 5) is 23.3. The van der Waals surface area contributed by atoms with Gasteiger partial charge < -0.3 is 10.1 Å². The lowest BCUT2D eigenvalue weighted by molar-refractivity contribution is -0.384. The molecular formula is C23H20ClF3N4O4. The zero-order valence-corrected chi connectivity index (χ0v) is 19.2. The molecule has 184 valence electrons. The number of aromatic nitrogens is 2. The number of hydrogen-bond acceptors (Lipinski definition) is 5. The number of rotatable bonds is 8. The molecule has 1 aromatic heterocycles. The minimum absolute atomic E-state index is 0.114. The first-order valence-corrected chi connectivity index (χ1v) is 11.1. The van der Waals surface area contributed by atoms with Crippen LogP contribution in [0.15, 0.2) is 42.5 Å². The van der Waals surface area contributed by atoms with Crippen LogP contribution in [0.3, 0.4) is 0 Å². The number of nitrogens with zero attached hydrogens (tertiary/aromatic N) is 3. The smallest absolute Gasteiger partial charge is 0.436 e. The van der Waals surface area contributed by atoms with Crippen LogP contribution in [0.4, 0.5) is 24.5 Å². The van der Waals surface area contributed by atoms with Crippen molar-refractivity contribution in [2.45, 2.75) is 44.8 Å². The first kappa shape index (κ1) is 24.5. The molecule has 0 atom stereocenters. The van der Waals surface area contributed by atoms with Crippen LogP contribution in [0.25, 0.3) is 0 Å². The van der Waals surface area contributed by atoms with Crippen molar-refractivity contribution in [3.8, 4) is 11.5 Å². The maximum atomic E-state index is 13.2. The summed E-state index contributed by atoms with van der Waals surface area (Å²) < 4.78 is 46.5. The fraction of sp³-hybridized carbons (Fsp3) is 0.304. The second kappa shape index (κ2) is 9.57. The van der Waals surface area contributed by atoms with E-state index in [4.69, 9.17) is 16.3 Å². The minimum atomic E-state index is -4.70. The Morgan fingerprint density at radius 2 is 1.91 bits per heavy atom. The summed E-state index contributed by atoms with van der Waals surface area (Å²) in [7, 11) is 0. The van der Waals surface area contributed by atoms with E-state index in [1.54, 1.807) is 12.1 Å². The van der Waals surface area contributed by atoms with Crippen molar-refractivity contribution in [1.82, 2.24) is 9.78 Å². The van der Waals surface area contributed by atoms with Gasteiger partial charge in [-0.15, -0.1) is 0 Å². The topological polar surface area (TPSA) is 99.3 Å². The Labute approximate surface area is 202 Å². The molecule has 1 aliphatic rings. The van der Waals surface area contributed by atoms with E-state index in [1.165, 1.54) is 18.2 Å². The molecule has 1 amide bonds. The number of nitrogens with one attached hydrogen (secondary N) is 1. The quantitative estimate of drug-likeness (QED) is 0.277. The van der Waals surface area contributed by atoms with E-state index >= 15 is 0 Å². The Hall–Kier alpha value is -3.60. The normalized spacial score (nSPS) is 13.5. The first-order valence-electron chi connectivity index (χ1n) is 10.7. The highest BCUT2D eigenvalue weighted by atomic mass is 35.5. The molecule has 0 aliphatic heterocycles. The SMILES string of the molecule is Cc1ccc(Oc2cc(NC(=O)CCn3nc(C(F)(F)F)c(Cl)c3C3CC3)cc([N+](=O)[O-])c2)cc1. The average Bonchev–Trinajstić information content (AvgIpc) is 3.55. The van der Waals surface area contributed by atoms with Gasteiger partial charge in [0, 0.05) is 24.5 Å². The van der Waals surface area contributed by atoms with Gasteiger partial charge >= 0.3 is 6.18 Å². The molecule has 8 nitrogen and oxygen atoms in total. The first-order chi connectivity index (χ1) is 16.5. The number of nitro groups is 1. The van der Waals surface area contributed by atoms with E-state index in [1.807, 2.05) is 19.1 Å². The largest absolute Gasteiger partial charge is 0.457 e. The van der Waals surface area contributed by atoms with Crippen LogP contribution < -0.4 is 10.1 Å². The predicted molar refractivity (Wildman–Crippen MR) is 122 cm³/mol. The molecule has 0 radical (unpaired) electrons. The number of halogens is 4. The number of carbonyl (C=O) groups excluding carboxylic acids is 1. The van der Waals surface area contributed by atoms with Crippen LogP contribution in [-0.2, 0) is 17.5 Å². The summed E-state index contributed by atoms with van der Waals surface area (Å²) in [6, 6.07) is 10.9. The molecule has 1 aliphatic carbocycles. The van der Waals surface area contributed by atoms with Crippen molar-refractivity contribution >= 4 is 28.9 Å². The fourth-order valence-corrected chi connectivity index (χ4v) is 3.94. The third-order valence-corrected chi connectivity index (χ3v) is 5.73. The number of ether oxygens (including phenoxy) is 1. The number of non-ortho nitro benzene ring substituents is 1. The number of anilines is 1. The number of amides is 1. The molecule has 1 heterocycles. The summed E-state index contributed by atoms with van der Waals surface area (Å²) >= 11 is 5.95. The second-order valence-corrected chi connectivity index (χ2v) is 8.61. The van der Waals surface area contributed by atoms with Crippen LogP contribution in [0.5, 0.6) is 11.5 Å². The molecule has 0 unspecified atom stereocenters. The Balaban J connectivity index is 1.48. The molecule has 1 fully saturated rings. The summed E-state index contributed by atoms with van der Waals surface area (Å²) in [5.74, 6) is -0.0822. The van der Waals surface area contributed by atoms with Gasteiger partial charge in [-0.1, -0.05) is 29.3 Å². The lowest BCUT2D eigenvalue weighted by Gasteiger charge is -2.11. The van der Waals surface area contributed by atoms with Crippen molar-refractivity contribution in [2.75, 3.05) is 5.32 Å². The summed E-state index contributed by atoms with van der Waals surface area (Å²) in [6.07, 6.45) is -3.52. The molecule has 3 aromatic rings. The third-order valence-electron chi connectivity index (χ3n) is 5.36. The predicted octanol–water partition coefficient (Wildman–Crippen LogP) is 6.47. The summed E-state index contributed by atoms with van der Waals surface area (Å²) in [5.41, 5.74) is -0.0678. The number of nitro benzene ring substituents is 1. The Kier molecular flexibility index (Phi) is 6.70. The van der Waals surface area contributed by atoms with Gasteiger partial charge in [-0.3, -0.25) is 19.6 Å². The number of hydrogen-bond donors (Lipinski definition) is 1. The van der Waals surface area contributed by atoms with E-state index in [2.05, 4.69) is 10.4 Å².